The van der Waals surface area contributed by atoms with Crippen molar-refractivity contribution in [3.63, 3.8) is 0 Å². The molecule has 3 nitrogen and oxygen atoms in total. The molecular weight excluding hydrogens is 198 g/mol. The summed E-state index contributed by atoms with van der Waals surface area (Å²) in [5.41, 5.74) is 1.29. The molecule has 3 rings (SSSR count). The van der Waals surface area contributed by atoms with Gasteiger partial charge in [0.2, 0.25) is 0 Å². The maximum absolute atomic E-state index is 3.60. The van der Waals surface area contributed by atoms with Gasteiger partial charge in [-0.1, -0.05) is 24.3 Å². The molecule has 2 heterocycles. The van der Waals surface area contributed by atoms with Gasteiger partial charge in [-0.2, -0.15) is 5.10 Å². The van der Waals surface area contributed by atoms with Crippen LogP contribution in [-0.2, 0) is 0 Å². The van der Waals surface area contributed by atoms with Gasteiger partial charge in [0.15, 0.2) is 0 Å². The molecule has 0 atom stereocenters. The molecular formula is C13H15N3. The molecule has 3 heteroatoms. The third-order valence-electron chi connectivity index (χ3n) is 2.32. The second-order valence-corrected chi connectivity index (χ2v) is 3.47. The molecule has 0 saturated carbocycles. The summed E-state index contributed by atoms with van der Waals surface area (Å²) in [5.74, 6) is 0. The number of nitrogens with one attached hydrogen (secondary N) is 1. The van der Waals surface area contributed by atoms with Gasteiger partial charge in [0.25, 0.3) is 0 Å². The van der Waals surface area contributed by atoms with Gasteiger partial charge in [-0.25, -0.2) is 0 Å². The number of aromatic amines is 1. The fourth-order valence-electron chi connectivity index (χ4n) is 1.54. The fraction of sp³-hybridized carbons (Fsp3) is 0.154. The van der Waals surface area contributed by atoms with E-state index in [1.165, 1.54) is 12.1 Å². The average Bonchev–Trinajstić information content (AvgIpc) is 3.07. The first-order valence-electron chi connectivity index (χ1n) is 5.39. The molecule has 1 aliphatic heterocycles. The lowest BCUT2D eigenvalue weighted by atomic mass is 10.3. The van der Waals surface area contributed by atoms with E-state index in [2.05, 4.69) is 51.6 Å². The molecule has 0 bridgehead atoms. The first kappa shape index (κ1) is 10.5. The van der Waals surface area contributed by atoms with Crippen molar-refractivity contribution in [2.24, 2.45) is 0 Å². The molecule has 0 aliphatic carbocycles. The largest absolute Gasteiger partial charge is 0.348 e. The number of benzene rings is 1. The summed E-state index contributed by atoms with van der Waals surface area (Å²) >= 11 is 0. The van der Waals surface area contributed by atoms with Crippen molar-refractivity contribution in [1.29, 1.82) is 0 Å². The van der Waals surface area contributed by atoms with E-state index in [4.69, 9.17) is 0 Å². The van der Waals surface area contributed by atoms with E-state index in [1.807, 2.05) is 12.1 Å². The van der Waals surface area contributed by atoms with Crippen molar-refractivity contribution in [3.05, 3.63) is 61.1 Å². The van der Waals surface area contributed by atoms with Crippen LogP contribution in [0.15, 0.2) is 61.1 Å². The van der Waals surface area contributed by atoms with Crippen LogP contribution in [0.3, 0.4) is 0 Å². The van der Waals surface area contributed by atoms with E-state index in [-0.39, 0.29) is 0 Å². The maximum Gasteiger partial charge on any atom is 0.0487 e. The molecule has 2 aromatic rings. The van der Waals surface area contributed by atoms with Crippen molar-refractivity contribution in [2.45, 2.75) is 6.42 Å². The number of hydrogen-bond donors (Lipinski definition) is 1. The highest BCUT2D eigenvalue weighted by Gasteiger charge is 2.04. The molecule has 82 valence electrons. The molecule has 1 aliphatic rings. The quantitative estimate of drug-likeness (QED) is 0.790. The number of anilines is 1. The number of aromatic nitrogens is 2. The van der Waals surface area contributed by atoms with Crippen LogP contribution in [0.5, 0.6) is 0 Å². The summed E-state index contributed by atoms with van der Waals surface area (Å²) in [6, 6.07) is 12.3. The minimum absolute atomic E-state index is 1.13. The zero-order chi connectivity index (χ0) is 11.1. The van der Waals surface area contributed by atoms with Crippen LogP contribution in [0.2, 0.25) is 0 Å². The normalized spacial score (nSPS) is 13.4. The summed E-state index contributed by atoms with van der Waals surface area (Å²) < 4.78 is 0. The lowest BCUT2D eigenvalue weighted by molar-refractivity contribution is 1.000. The molecule has 1 aromatic carbocycles. The van der Waals surface area contributed by atoms with Crippen LogP contribution in [0.25, 0.3) is 0 Å². The topological polar surface area (TPSA) is 31.9 Å². The highest BCUT2D eigenvalue weighted by atomic mass is 15.1. The van der Waals surface area contributed by atoms with E-state index in [0.717, 1.165) is 6.54 Å². The van der Waals surface area contributed by atoms with Crippen LogP contribution in [0.1, 0.15) is 6.42 Å². The zero-order valence-electron chi connectivity index (χ0n) is 9.08. The Labute approximate surface area is 95.4 Å². The van der Waals surface area contributed by atoms with E-state index in [9.17, 15) is 0 Å². The van der Waals surface area contributed by atoms with E-state index in [0.29, 0.717) is 0 Å². The predicted molar refractivity (Wildman–Crippen MR) is 66.1 cm³/mol. The molecule has 0 unspecified atom stereocenters. The zero-order valence-corrected chi connectivity index (χ0v) is 9.08. The molecule has 1 aromatic heterocycles. The molecule has 0 radical (unpaired) electrons. The van der Waals surface area contributed by atoms with Crippen LogP contribution < -0.4 is 4.90 Å². The Morgan fingerprint density at radius 3 is 2.50 bits per heavy atom. The standard InChI is InChI=1S/C10H11N.C3H4N2/c1-2-6-10(7-3-1)11-8-4-5-9-11;1-2-4-5-3-1/h1-4,6-8H,5,9H2;1-3H,(H,4,5). The number of H-pyrrole nitrogens is 1. The Balaban J connectivity index is 0.000000162. The van der Waals surface area contributed by atoms with E-state index in [1.54, 1.807) is 12.4 Å². The van der Waals surface area contributed by atoms with Gasteiger partial charge in [0.05, 0.1) is 0 Å². The smallest absolute Gasteiger partial charge is 0.0487 e. The maximum atomic E-state index is 3.60. The van der Waals surface area contributed by atoms with Gasteiger partial charge < -0.3 is 4.90 Å². The monoisotopic (exact) mass is 213 g/mol. The Bertz CT molecular complexity index is 389. The lowest BCUT2D eigenvalue weighted by Crippen LogP contribution is -2.11. The van der Waals surface area contributed by atoms with Crippen LogP contribution >= 0.6 is 0 Å². The number of hydrogen-bond acceptors (Lipinski definition) is 2. The number of para-hydroxylation sites is 1. The summed E-state index contributed by atoms with van der Waals surface area (Å²) in [6.07, 6.45) is 8.98. The summed E-state index contributed by atoms with van der Waals surface area (Å²) in [7, 11) is 0. The van der Waals surface area contributed by atoms with Crippen LogP contribution in [0, 0.1) is 0 Å². The molecule has 16 heavy (non-hydrogen) atoms. The van der Waals surface area contributed by atoms with Gasteiger partial charge in [-0.3, -0.25) is 5.10 Å². The van der Waals surface area contributed by atoms with Gasteiger partial charge in [-0.15, -0.1) is 0 Å². The van der Waals surface area contributed by atoms with Gasteiger partial charge in [0.1, 0.15) is 0 Å². The van der Waals surface area contributed by atoms with Crippen molar-refractivity contribution in [3.8, 4) is 0 Å². The Kier molecular flexibility index (Phi) is 3.77. The Morgan fingerprint density at radius 2 is 2.00 bits per heavy atom. The third-order valence-corrected chi connectivity index (χ3v) is 2.32. The number of rotatable bonds is 1. The Hall–Kier alpha value is -2.03. The summed E-state index contributed by atoms with van der Waals surface area (Å²) in [4.78, 5) is 2.26. The second kappa shape index (κ2) is 5.75. The van der Waals surface area contributed by atoms with Crippen molar-refractivity contribution in [1.82, 2.24) is 10.2 Å². The predicted octanol–water partition coefficient (Wildman–Crippen LogP) is 2.82. The van der Waals surface area contributed by atoms with Crippen molar-refractivity contribution in [2.75, 3.05) is 11.4 Å². The average molecular weight is 213 g/mol. The minimum Gasteiger partial charge on any atom is -0.348 e. The number of nitrogens with zero attached hydrogens (tertiary/aromatic N) is 2. The summed E-state index contributed by atoms with van der Waals surface area (Å²) in [6.45, 7) is 1.13. The van der Waals surface area contributed by atoms with E-state index < -0.39 is 0 Å². The molecule has 1 N–H and O–H groups in total. The van der Waals surface area contributed by atoms with Crippen LogP contribution in [-0.4, -0.2) is 16.7 Å². The SMILES string of the molecule is C1=CN(c2ccccc2)CC1.c1cn[nH]c1. The highest BCUT2D eigenvalue weighted by molar-refractivity contribution is 5.50. The van der Waals surface area contributed by atoms with Gasteiger partial charge >= 0.3 is 0 Å². The lowest BCUT2D eigenvalue weighted by Gasteiger charge is -2.14. The minimum atomic E-state index is 1.13. The van der Waals surface area contributed by atoms with Gasteiger partial charge in [-0.05, 0) is 24.6 Å². The van der Waals surface area contributed by atoms with Crippen molar-refractivity contribution >= 4 is 5.69 Å². The van der Waals surface area contributed by atoms with E-state index >= 15 is 0 Å². The molecule has 0 spiro atoms. The van der Waals surface area contributed by atoms with Gasteiger partial charge in [0, 0.05) is 30.8 Å². The van der Waals surface area contributed by atoms with Crippen LogP contribution in [0.4, 0.5) is 5.69 Å². The Morgan fingerprint density at radius 1 is 1.12 bits per heavy atom. The second-order valence-electron chi connectivity index (χ2n) is 3.47. The fourth-order valence-corrected chi connectivity index (χ4v) is 1.54. The third kappa shape index (κ3) is 2.98. The van der Waals surface area contributed by atoms with Crippen molar-refractivity contribution < 1.29 is 0 Å². The molecule has 0 fully saturated rings. The first-order valence-corrected chi connectivity index (χ1v) is 5.39. The molecule has 0 saturated heterocycles. The first-order chi connectivity index (χ1) is 7.97. The highest BCUT2D eigenvalue weighted by Crippen LogP contribution is 2.17. The molecule has 0 amide bonds. The summed E-state index contributed by atoms with van der Waals surface area (Å²) in [5, 5.41) is 6.21.